The molecule has 0 aliphatic carbocycles. The minimum absolute atomic E-state index is 0.152. The molecule has 1 saturated heterocycles. The molecule has 106 valence electrons. The molecular formula is C16H25NO2. The Morgan fingerprint density at radius 2 is 2.00 bits per heavy atom. The summed E-state index contributed by atoms with van der Waals surface area (Å²) in [4.78, 5) is 0. The average molecular weight is 263 g/mol. The number of nitrogens with one attached hydrogen (secondary N) is 1. The van der Waals surface area contributed by atoms with Crippen LogP contribution in [0, 0.1) is 6.92 Å². The molecule has 0 spiro atoms. The van der Waals surface area contributed by atoms with E-state index in [9.17, 15) is 0 Å². The van der Waals surface area contributed by atoms with Crippen LogP contribution in [-0.4, -0.2) is 32.5 Å². The highest BCUT2D eigenvalue weighted by molar-refractivity contribution is 5.31. The highest BCUT2D eigenvalue weighted by Gasteiger charge is 2.41. The zero-order valence-electron chi connectivity index (χ0n) is 12.2. The van der Waals surface area contributed by atoms with Crippen LogP contribution in [-0.2, 0) is 9.47 Å². The van der Waals surface area contributed by atoms with Crippen molar-refractivity contribution in [1.82, 2.24) is 5.32 Å². The summed E-state index contributed by atoms with van der Waals surface area (Å²) in [5.41, 5.74) is 2.50. The summed E-state index contributed by atoms with van der Waals surface area (Å²) in [5.74, 6) is 0. The maximum Gasteiger partial charge on any atom is 0.0916 e. The lowest BCUT2D eigenvalue weighted by Crippen LogP contribution is -2.49. The van der Waals surface area contributed by atoms with Crippen molar-refractivity contribution in [2.45, 2.75) is 38.3 Å². The van der Waals surface area contributed by atoms with E-state index in [1.807, 2.05) is 7.11 Å². The Labute approximate surface area is 116 Å². The Hall–Kier alpha value is -0.900. The van der Waals surface area contributed by atoms with Crippen molar-refractivity contribution in [2.24, 2.45) is 0 Å². The van der Waals surface area contributed by atoms with Crippen LogP contribution in [0.5, 0.6) is 0 Å². The van der Waals surface area contributed by atoms with Gasteiger partial charge in [-0.1, -0.05) is 31.2 Å². The topological polar surface area (TPSA) is 30.5 Å². The molecule has 3 nitrogen and oxygen atoms in total. The lowest BCUT2D eigenvalue weighted by molar-refractivity contribution is -0.111. The molecule has 1 unspecified atom stereocenters. The maximum atomic E-state index is 5.96. The molecule has 1 aromatic rings. The summed E-state index contributed by atoms with van der Waals surface area (Å²) < 4.78 is 11.5. The van der Waals surface area contributed by atoms with E-state index in [1.54, 1.807) is 0 Å². The van der Waals surface area contributed by atoms with Gasteiger partial charge in [-0.05, 0) is 24.6 Å². The molecule has 1 aromatic carbocycles. The fraction of sp³-hybridized carbons (Fsp3) is 0.625. The first-order valence-electron chi connectivity index (χ1n) is 7.15. The molecule has 1 atom stereocenters. The van der Waals surface area contributed by atoms with Crippen LogP contribution in [0.2, 0.25) is 0 Å². The van der Waals surface area contributed by atoms with E-state index in [1.165, 1.54) is 11.1 Å². The van der Waals surface area contributed by atoms with Crippen LogP contribution >= 0.6 is 0 Å². The van der Waals surface area contributed by atoms with Crippen LogP contribution in [0.4, 0.5) is 0 Å². The predicted molar refractivity (Wildman–Crippen MR) is 77.4 cm³/mol. The summed E-state index contributed by atoms with van der Waals surface area (Å²) >= 11 is 0. The Kier molecular flexibility index (Phi) is 4.97. The molecular weight excluding hydrogens is 238 g/mol. The summed E-state index contributed by atoms with van der Waals surface area (Å²) in [7, 11) is 1.83. The van der Waals surface area contributed by atoms with E-state index in [0.29, 0.717) is 0 Å². The Bertz CT molecular complexity index is 399. The van der Waals surface area contributed by atoms with Gasteiger partial charge in [0.25, 0.3) is 0 Å². The molecule has 0 bridgehead atoms. The van der Waals surface area contributed by atoms with Crippen LogP contribution in [0.1, 0.15) is 36.9 Å². The van der Waals surface area contributed by atoms with Crippen LogP contribution in [0.15, 0.2) is 24.3 Å². The SMILES string of the molecule is CCNC(c1ccccc1C)C1(OC)CCOCC1. The molecule has 0 aromatic heterocycles. The molecule has 2 rings (SSSR count). The number of benzene rings is 1. The van der Waals surface area contributed by atoms with E-state index in [0.717, 1.165) is 32.6 Å². The van der Waals surface area contributed by atoms with Gasteiger partial charge < -0.3 is 14.8 Å². The second kappa shape index (κ2) is 6.51. The first kappa shape index (κ1) is 14.5. The van der Waals surface area contributed by atoms with Crippen molar-refractivity contribution < 1.29 is 9.47 Å². The predicted octanol–water partition coefficient (Wildman–Crippen LogP) is 2.84. The van der Waals surface area contributed by atoms with Gasteiger partial charge >= 0.3 is 0 Å². The third kappa shape index (κ3) is 2.99. The number of rotatable bonds is 5. The summed E-state index contributed by atoms with van der Waals surface area (Å²) in [6.45, 7) is 6.81. The largest absolute Gasteiger partial charge is 0.381 e. The second-order valence-corrected chi connectivity index (χ2v) is 5.23. The van der Waals surface area contributed by atoms with Gasteiger partial charge in [-0.3, -0.25) is 0 Å². The molecule has 1 aliphatic heterocycles. The molecule has 19 heavy (non-hydrogen) atoms. The smallest absolute Gasteiger partial charge is 0.0916 e. The Morgan fingerprint density at radius 3 is 2.58 bits per heavy atom. The minimum Gasteiger partial charge on any atom is -0.381 e. The van der Waals surface area contributed by atoms with Gasteiger partial charge in [-0.15, -0.1) is 0 Å². The third-order valence-corrected chi connectivity index (χ3v) is 4.18. The summed E-state index contributed by atoms with van der Waals surface area (Å²) in [6, 6.07) is 8.80. The van der Waals surface area contributed by atoms with Crippen molar-refractivity contribution in [2.75, 3.05) is 26.9 Å². The van der Waals surface area contributed by atoms with E-state index < -0.39 is 0 Å². The average Bonchev–Trinajstić information content (AvgIpc) is 2.46. The van der Waals surface area contributed by atoms with Crippen molar-refractivity contribution in [3.05, 3.63) is 35.4 Å². The number of hydrogen-bond donors (Lipinski definition) is 1. The monoisotopic (exact) mass is 263 g/mol. The molecule has 0 saturated carbocycles. The summed E-state index contributed by atoms with van der Waals surface area (Å²) in [5, 5.41) is 3.62. The molecule has 1 aliphatic rings. The lowest BCUT2D eigenvalue weighted by atomic mass is 9.80. The van der Waals surface area contributed by atoms with Crippen molar-refractivity contribution in [1.29, 1.82) is 0 Å². The Balaban J connectivity index is 2.35. The molecule has 1 fully saturated rings. The standard InChI is InChI=1S/C16H25NO2/c1-4-17-15(14-8-6-5-7-13(14)2)16(18-3)9-11-19-12-10-16/h5-8,15,17H,4,9-12H2,1-3H3. The first-order chi connectivity index (χ1) is 9.23. The van der Waals surface area contributed by atoms with Crippen LogP contribution in [0.3, 0.4) is 0 Å². The molecule has 3 heteroatoms. The molecule has 0 radical (unpaired) electrons. The highest BCUT2D eigenvalue weighted by Crippen LogP contribution is 2.38. The molecule has 1 heterocycles. The zero-order chi connectivity index (χ0) is 13.7. The summed E-state index contributed by atoms with van der Waals surface area (Å²) in [6.07, 6.45) is 1.88. The maximum absolute atomic E-state index is 5.96. The number of methoxy groups -OCH3 is 1. The number of ether oxygens (including phenoxy) is 2. The van der Waals surface area contributed by atoms with Crippen molar-refractivity contribution in [3.63, 3.8) is 0 Å². The Morgan fingerprint density at radius 1 is 1.32 bits per heavy atom. The second-order valence-electron chi connectivity index (χ2n) is 5.23. The number of hydrogen-bond acceptors (Lipinski definition) is 3. The molecule has 1 N–H and O–H groups in total. The van der Waals surface area contributed by atoms with Gasteiger partial charge in [0.2, 0.25) is 0 Å². The van der Waals surface area contributed by atoms with Crippen molar-refractivity contribution in [3.8, 4) is 0 Å². The quantitative estimate of drug-likeness (QED) is 0.886. The van der Waals surface area contributed by atoms with E-state index in [-0.39, 0.29) is 11.6 Å². The highest BCUT2D eigenvalue weighted by atomic mass is 16.5. The number of likely N-dealkylation sites (N-methyl/N-ethyl adjacent to an activating group) is 1. The molecule has 0 amide bonds. The van der Waals surface area contributed by atoms with E-state index in [2.05, 4.69) is 43.4 Å². The van der Waals surface area contributed by atoms with E-state index in [4.69, 9.17) is 9.47 Å². The van der Waals surface area contributed by atoms with Gasteiger partial charge in [0.05, 0.1) is 11.6 Å². The van der Waals surface area contributed by atoms with Gasteiger partial charge in [0.1, 0.15) is 0 Å². The fourth-order valence-electron chi connectivity index (χ4n) is 3.02. The van der Waals surface area contributed by atoms with Gasteiger partial charge in [0.15, 0.2) is 0 Å². The van der Waals surface area contributed by atoms with Gasteiger partial charge in [-0.2, -0.15) is 0 Å². The fourth-order valence-corrected chi connectivity index (χ4v) is 3.02. The third-order valence-electron chi connectivity index (χ3n) is 4.18. The van der Waals surface area contributed by atoms with Gasteiger partial charge in [-0.25, -0.2) is 0 Å². The normalized spacial score (nSPS) is 20.2. The minimum atomic E-state index is -0.152. The van der Waals surface area contributed by atoms with Crippen LogP contribution < -0.4 is 5.32 Å². The first-order valence-corrected chi connectivity index (χ1v) is 7.15. The van der Waals surface area contributed by atoms with E-state index >= 15 is 0 Å². The lowest BCUT2D eigenvalue weighted by Gasteiger charge is -2.43. The van der Waals surface area contributed by atoms with Crippen LogP contribution in [0.25, 0.3) is 0 Å². The van der Waals surface area contributed by atoms with Gasteiger partial charge in [0, 0.05) is 33.2 Å². The zero-order valence-corrected chi connectivity index (χ0v) is 12.2. The van der Waals surface area contributed by atoms with Crippen molar-refractivity contribution >= 4 is 0 Å². The number of aryl methyl sites for hydroxylation is 1.